The molecule has 0 aliphatic carbocycles. The van der Waals surface area contributed by atoms with Gasteiger partial charge in [0.15, 0.2) is 0 Å². The average Bonchev–Trinajstić information content (AvgIpc) is 2.51. The van der Waals surface area contributed by atoms with Crippen molar-refractivity contribution in [1.29, 1.82) is 0 Å². The number of rotatable bonds is 3. The topological polar surface area (TPSA) is 91.4 Å². The number of piperazine rings is 1. The van der Waals surface area contributed by atoms with Gasteiger partial charge in [0.25, 0.3) is 0 Å². The minimum atomic E-state index is 0.261. The van der Waals surface area contributed by atoms with E-state index < -0.39 is 0 Å². The first-order chi connectivity index (χ1) is 11.0. The summed E-state index contributed by atoms with van der Waals surface area (Å²) in [6.45, 7) is 8.01. The molecule has 0 aromatic carbocycles. The van der Waals surface area contributed by atoms with Gasteiger partial charge in [-0.15, -0.1) is 0 Å². The number of aryl methyl sites for hydroxylation is 2. The lowest BCUT2D eigenvalue weighted by atomic mass is 10.2. The van der Waals surface area contributed by atoms with Crippen molar-refractivity contribution in [2.45, 2.75) is 20.4 Å². The zero-order valence-corrected chi connectivity index (χ0v) is 13.5. The second kappa shape index (κ2) is 6.37. The molecular weight excluding hydrogens is 292 g/mol. The van der Waals surface area contributed by atoms with Crippen LogP contribution in [-0.2, 0) is 6.54 Å². The third-order valence-electron chi connectivity index (χ3n) is 4.02. The van der Waals surface area contributed by atoms with Gasteiger partial charge in [0.1, 0.15) is 11.6 Å². The molecule has 7 nitrogen and oxygen atoms in total. The standard InChI is InChI=1S/C16H22N6O/c1-11-3-4-14(23)13(18-11)10-21-5-7-22(8-6-21)15-9-12(2)19-16(17)20-15/h3-4,9,23H,5-8,10H2,1-2H3,(H2,17,19,20). The van der Waals surface area contributed by atoms with E-state index in [2.05, 4.69) is 24.8 Å². The van der Waals surface area contributed by atoms with E-state index in [1.807, 2.05) is 26.0 Å². The van der Waals surface area contributed by atoms with Gasteiger partial charge in [-0.05, 0) is 26.0 Å². The van der Waals surface area contributed by atoms with Crippen LogP contribution in [0, 0.1) is 13.8 Å². The number of nitrogens with zero attached hydrogens (tertiary/aromatic N) is 5. The monoisotopic (exact) mass is 314 g/mol. The Morgan fingerprint density at radius 1 is 1.04 bits per heavy atom. The zero-order valence-electron chi connectivity index (χ0n) is 13.5. The number of aromatic nitrogens is 3. The number of nitrogens with two attached hydrogens (primary N) is 1. The molecule has 1 aliphatic rings. The van der Waals surface area contributed by atoms with E-state index in [4.69, 9.17) is 5.73 Å². The van der Waals surface area contributed by atoms with Gasteiger partial charge in [0.05, 0.1) is 5.69 Å². The number of hydrogen-bond donors (Lipinski definition) is 2. The van der Waals surface area contributed by atoms with Crippen LogP contribution in [0.3, 0.4) is 0 Å². The Hall–Kier alpha value is -2.41. The molecule has 23 heavy (non-hydrogen) atoms. The van der Waals surface area contributed by atoms with Gasteiger partial charge < -0.3 is 15.7 Å². The fourth-order valence-corrected chi connectivity index (χ4v) is 2.80. The van der Waals surface area contributed by atoms with Crippen LogP contribution in [0.15, 0.2) is 18.2 Å². The Bertz CT molecular complexity index is 677. The summed E-state index contributed by atoms with van der Waals surface area (Å²) in [4.78, 5) is 17.4. The van der Waals surface area contributed by atoms with Crippen LogP contribution in [0.25, 0.3) is 0 Å². The maximum Gasteiger partial charge on any atom is 0.222 e. The van der Waals surface area contributed by atoms with Crippen LogP contribution in [0.2, 0.25) is 0 Å². The lowest BCUT2D eigenvalue weighted by Gasteiger charge is -2.35. The SMILES string of the molecule is Cc1cc(N2CCN(Cc3nc(C)ccc3O)CC2)nc(N)n1. The third kappa shape index (κ3) is 3.68. The first-order valence-corrected chi connectivity index (χ1v) is 7.75. The van der Waals surface area contributed by atoms with E-state index in [0.717, 1.165) is 49.1 Å². The molecule has 3 heterocycles. The van der Waals surface area contributed by atoms with E-state index in [1.54, 1.807) is 6.07 Å². The lowest BCUT2D eigenvalue weighted by molar-refractivity contribution is 0.243. The van der Waals surface area contributed by atoms with E-state index in [1.165, 1.54) is 0 Å². The highest BCUT2D eigenvalue weighted by molar-refractivity contribution is 5.43. The van der Waals surface area contributed by atoms with Crippen molar-refractivity contribution in [3.05, 3.63) is 35.3 Å². The normalized spacial score (nSPS) is 15.8. The first-order valence-electron chi connectivity index (χ1n) is 7.75. The molecule has 122 valence electrons. The molecule has 0 bridgehead atoms. The van der Waals surface area contributed by atoms with Crippen LogP contribution in [0.4, 0.5) is 11.8 Å². The number of anilines is 2. The maximum absolute atomic E-state index is 9.93. The van der Waals surface area contributed by atoms with Crippen LogP contribution in [-0.4, -0.2) is 51.1 Å². The van der Waals surface area contributed by atoms with Gasteiger partial charge in [-0.1, -0.05) is 0 Å². The predicted octanol–water partition coefficient (Wildman–Crippen LogP) is 1.10. The second-order valence-electron chi connectivity index (χ2n) is 5.91. The molecule has 2 aromatic rings. The van der Waals surface area contributed by atoms with Gasteiger partial charge in [0, 0.05) is 50.2 Å². The van der Waals surface area contributed by atoms with Gasteiger partial charge in [-0.2, -0.15) is 4.98 Å². The van der Waals surface area contributed by atoms with Crippen molar-refractivity contribution in [3.63, 3.8) is 0 Å². The minimum Gasteiger partial charge on any atom is -0.506 e. The fourth-order valence-electron chi connectivity index (χ4n) is 2.80. The molecule has 0 amide bonds. The smallest absolute Gasteiger partial charge is 0.222 e. The zero-order chi connectivity index (χ0) is 16.4. The molecule has 1 aliphatic heterocycles. The Morgan fingerprint density at radius 3 is 2.48 bits per heavy atom. The summed E-state index contributed by atoms with van der Waals surface area (Å²) in [6, 6.07) is 5.49. The molecule has 0 spiro atoms. The van der Waals surface area contributed by atoms with Gasteiger partial charge in [-0.3, -0.25) is 9.88 Å². The predicted molar refractivity (Wildman–Crippen MR) is 89.3 cm³/mol. The number of hydrogen-bond acceptors (Lipinski definition) is 7. The molecule has 1 fully saturated rings. The molecule has 0 radical (unpaired) electrons. The van der Waals surface area contributed by atoms with Crippen molar-refractivity contribution in [2.75, 3.05) is 36.8 Å². The molecule has 3 rings (SSSR count). The number of aromatic hydroxyl groups is 1. The molecular formula is C16H22N6O. The largest absolute Gasteiger partial charge is 0.506 e. The van der Waals surface area contributed by atoms with E-state index in [9.17, 15) is 5.11 Å². The first kappa shape index (κ1) is 15.5. The Balaban J connectivity index is 1.63. The Labute approximate surface area is 135 Å². The summed E-state index contributed by atoms with van der Waals surface area (Å²) >= 11 is 0. The van der Waals surface area contributed by atoms with E-state index >= 15 is 0 Å². The van der Waals surface area contributed by atoms with Crippen molar-refractivity contribution < 1.29 is 5.11 Å². The van der Waals surface area contributed by atoms with E-state index in [0.29, 0.717) is 12.5 Å². The highest BCUT2D eigenvalue weighted by atomic mass is 16.3. The average molecular weight is 314 g/mol. The molecule has 3 N–H and O–H groups in total. The van der Waals surface area contributed by atoms with Crippen LogP contribution in [0.5, 0.6) is 5.75 Å². The fraction of sp³-hybridized carbons (Fsp3) is 0.438. The highest BCUT2D eigenvalue weighted by Crippen LogP contribution is 2.20. The minimum absolute atomic E-state index is 0.261. The highest BCUT2D eigenvalue weighted by Gasteiger charge is 2.20. The molecule has 2 aromatic heterocycles. The van der Waals surface area contributed by atoms with Gasteiger partial charge >= 0.3 is 0 Å². The van der Waals surface area contributed by atoms with Gasteiger partial charge in [-0.25, -0.2) is 4.98 Å². The molecule has 0 atom stereocenters. The Morgan fingerprint density at radius 2 is 1.78 bits per heavy atom. The van der Waals surface area contributed by atoms with Crippen molar-refractivity contribution in [1.82, 2.24) is 19.9 Å². The van der Waals surface area contributed by atoms with Crippen molar-refractivity contribution >= 4 is 11.8 Å². The van der Waals surface area contributed by atoms with E-state index in [-0.39, 0.29) is 5.75 Å². The number of nitrogen functional groups attached to an aromatic ring is 1. The van der Waals surface area contributed by atoms with Gasteiger partial charge in [0.2, 0.25) is 5.95 Å². The van der Waals surface area contributed by atoms with Crippen LogP contribution in [0.1, 0.15) is 17.1 Å². The molecule has 0 unspecified atom stereocenters. The summed E-state index contributed by atoms with van der Waals surface area (Å²) in [5, 5.41) is 9.93. The summed E-state index contributed by atoms with van der Waals surface area (Å²) in [6.07, 6.45) is 0. The van der Waals surface area contributed by atoms with Crippen molar-refractivity contribution in [2.24, 2.45) is 0 Å². The summed E-state index contributed by atoms with van der Waals surface area (Å²) in [5.74, 6) is 1.46. The van der Waals surface area contributed by atoms with Crippen LogP contribution < -0.4 is 10.6 Å². The number of pyridine rings is 1. The van der Waals surface area contributed by atoms with Crippen LogP contribution >= 0.6 is 0 Å². The molecule has 0 saturated carbocycles. The lowest BCUT2D eigenvalue weighted by Crippen LogP contribution is -2.46. The third-order valence-corrected chi connectivity index (χ3v) is 4.02. The summed E-state index contributed by atoms with van der Waals surface area (Å²) in [5.41, 5.74) is 8.27. The molecule has 1 saturated heterocycles. The Kier molecular flexibility index (Phi) is 4.29. The van der Waals surface area contributed by atoms with Crippen molar-refractivity contribution in [3.8, 4) is 5.75 Å². The summed E-state index contributed by atoms with van der Waals surface area (Å²) in [7, 11) is 0. The molecule has 7 heteroatoms. The second-order valence-corrected chi connectivity index (χ2v) is 5.91. The summed E-state index contributed by atoms with van der Waals surface area (Å²) < 4.78 is 0. The quantitative estimate of drug-likeness (QED) is 0.876. The maximum atomic E-state index is 9.93.